The lowest BCUT2D eigenvalue weighted by molar-refractivity contribution is -0.124. The molecule has 0 bridgehead atoms. The standard InChI is InChI=1S/C22H29N3O2/c1-14(2)18-11-6-7-12-19(18)24-17(5)22(27)23-13-20(26)25-21-15(3)9-8-10-16(21)4/h6-12,14,17,24H,13H2,1-5H3,(H,23,27)(H,25,26)/t17-/m0/s1. The summed E-state index contributed by atoms with van der Waals surface area (Å²) in [5.74, 6) is -0.104. The fraction of sp³-hybridized carbons (Fsp3) is 0.364. The SMILES string of the molecule is Cc1cccc(C)c1NC(=O)CNC(=O)[C@H](C)Nc1ccccc1C(C)C. The molecule has 2 amide bonds. The molecule has 2 rings (SSSR count). The first-order valence-corrected chi connectivity index (χ1v) is 9.28. The van der Waals surface area contributed by atoms with Gasteiger partial charge in [0.05, 0.1) is 6.54 Å². The van der Waals surface area contributed by atoms with Gasteiger partial charge in [-0.15, -0.1) is 0 Å². The van der Waals surface area contributed by atoms with E-state index < -0.39 is 6.04 Å². The third-order valence-corrected chi connectivity index (χ3v) is 4.52. The van der Waals surface area contributed by atoms with E-state index in [4.69, 9.17) is 0 Å². The first kappa shape index (κ1) is 20.5. The van der Waals surface area contributed by atoms with E-state index in [1.807, 2.05) is 50.2 Å². The predicted molar refractivity (Wildman–Crippen MR) is 111 cm³/mol. The molecule has 0 saturated heterocycles. The lowest BCUT2D eigenvalue weighted by Gasteiger charge is -2.19. The molecular formula is C22H29N3O2. The molecule has 27 heavy (non-hydrogen) atoms. The normalized spacial score (nSPS) is 11.8. The minimum atomic E-state index is -0.446. The molecule has 2 aromatic rings. The van der Waals surface area contributed by atoms with Crippen molar-refractivity contribution in [2.75, 3.05) is 17.2 Å². The average Bonchev–Trinajstić information content (AvgIpc) is 2.63. The molecule has 0 aliphatic carbocycles. The zero-order valence-corrected chi connectivity index (χ0v) is 16.7. The third-order valence-electron chi connectivity index (χ3n) is 4.52. The summed E-state index contributed by atoms with van der Waals surface area (Å²) in [7, 11) is 0. The first-order chi connectivity index (χ1) is 12.8. The summed E-state index contributed by atoms with van der Waals surface area (Å²) < 4.78 is 0. The largest absolute Gasteiger partial charge is 0.374 e. The van der Waals surface area contributed by atoms with Gasteiger partial charge in [0, 0.05) is 11.4 Å². The van der Waals surface area contributed by atoms with Crippen molar-refractivity contribution >= 4 is 23.2 Å². The number of carbonyl (C=O) groups excluding carboxylic acids is 2. The topological polar surface area (TPSA) is 70.2 Å². The van der Waals surface area contributed by atoms with Crippen LogP contribution in [0.3, 0.4) is 0 Å². The van der Waals surface area contributed by atoms with E-state index in [-0.39, 0.29) is 18.4 Å². The predicted octanol–water partition coefficient (Wildman–Crippen LogP) is 3.98. The van der Waals surface area contributed by atoms with Crippen molar-refractivity contribution in [1.29, 1.82) is 0 Å². The Morgan fingerprint density at radius 1 is 0.926 bits per heavy atom. The minimum Gasteiger partial charge on any atom is -0.374 e. The fourth-order valence-electron chi connectivity index (χ4n) is 2.95. The van der Waals surface area contributed by atoms with Crippen LogP contribution in [0.5, 0.6) is 0 Å². The number of anilines is 2. The van der Waals surface area contributed by atoms with E-state index in [2.05, 4.69) is 35.9 Å². The highest BCUT2D eigenvalue weighted by Gasteiger charge is 2.16. The van der Waals surface area contributed by atoms with Crippen molar-refractivity contribution in [3.05, 3.63) is 59.2 Å². The molecule has 2 aromatic carbocycles. The molecule has 0 aromatic heterocycles. The summed E-state index contributed by atoms with van der Waals surface area (Å²) in [6, 6.07) is 13.3. The van der Waals surface area contributed by atoms with E-state index in [0.717, 1.165) is 28.1 Å². The summed E-state index contributed by atoms with van der Waals surface area (Å²) in [6.45, 7) is 9.84. The molecule has 0 aliphatic heterocycles. The Morgan fingerprint density at radius 3 is 2.19 bits per heavy atom. The van der Waals surface area contributed by atoms with Gasteiger partial charge in [-0.05, 0) is 49.4 Å². The molecule has 5 heteroatoms. The average molecular weight is 367 g/mol. The van der Waals surface area contributed by atoms with Gasteiger partial charge in [-0.1, -0.05) is 50.2 Å². The van der Waals surface area contributed by atoms with Gasteiger partial charge in [0.1, 0.15) is 6.04 Å². The van der Waals surface area contributed by atoms with E-state index >= 15 is 0 Å². The van der Waals surface area contributed by atoms with E-state index in [0.29, 0.717) is 5.92 Å². The summed E-state index contributed by atoms with van der Waals surface area (Å²) in [5.41, 5.74) is 4.89. The molecule has 0 unspecified atom stereocenters. The number of nitrogens with one attached hydrogen (secondary N) is 3. The van der Waals surface area contributed by atoms with Crippen LogP contribution in [0.15, 0.2) is 42.5 Å². The van der Waals surface area contributed by atoms with Crippen molar-refractivity contribution in [2.24, 2.45) is 0 Å². The van der Waals surface area contributed by atoms with Crippen molar-refractivity contribution in [3.63, 3.8) is 0 Å². The van der Waals surface area contributed by atoms with Crippen LogP contribution in [0, 0.1) is 13.8 Å². The molecule has 0 saturated carbocycles. The smallest absolute Gasteiger partial charge is 0.243 e. The fourth-order valence-corrected chi connectivity index (χ4v) is 2.95. The summed E-state index contributed by atoms with van der Waals surface area (Å²) in [5, 5.41) is 8.81. The Labute approximate surface area is 161 Å². The molecule has 0 aliphatic rings. The Balaban J connectivity index is 1.91. The van der Waals surface area contributed by atoms with Gasteiger partial charge < -0.3 is 16.0 Å². The Hall–Kier alpha value is -2.82. The molecule has 144 valence electrons. The van der Waals surface area contributed by atoms with Crippen LogP contribution in [-0.4, -0.2) is 24.4 Å². The summed E-state index contributed by atoms with van der Waals surface area (Å²) in [6.07, 6.45) is 0. The zero-order valence-electron chi connectivity index (χ0n) is 16.7. The molecular weight excluding hydrogens is 338 g/mol. The molecule has 0 fully saturated rings. The molecule has 5 nitrogen and oxygen atoms in total. The lowest BCUT2D eigenvalue weighted by Crippen LogP contribution is -2.41. The minimum absolute atomic E-state index is 0.0650. The van der Waals surface area contributed by atoms with E-state index in [1.54, 1.807) is 6.92 Å². The van der Waals surface area contributed by atoms with Crippen LogP contribution in [0.4, 0.5) is 11.4 Å². The number of para-hydroxylation sites is 2. The first-order valence-electron chi connectivity index (χ1n) is 9.28. The van der Waals surface area contributed by atoms with Crippen LogP contribution >= 0.6 is 0 Å². The molecule has 0 radical (unpaired) electrons. The van der Waals surface area contributed by atoms with Gasteiger partial charge in [0.2, 0.25) is 11.8 Å². The highest BCUT2D eigenvalue weighted by atomic mass is 16.2. The maximum Gasteiger partial charge on any atom is 0.243 e. The van der Waals surface area contributed by atoms with Crippen molar-refractivity contribution < 1.29 is 9.59 Å². The van der Waals surface area contributed by atoms with Crippen molar-refractivity contribution in [3.8, 4) is 0 Å². The molecule has 0 heterocycles. The van der Waals surface area contributed by atoms with Gasteiger partial charge in [-0.25, -0.2) is 0 Å². The maximum atomic E-state index is 12.4. The Kier molecular flexibility index (Phi) is 6.99. The van der Waals surface area contributed by atoms with Gasteiger partial charge in [0.25, 0.3) is 0 Å². The third kappa shape index (κ3) is 5.58. The number of hydrogen-bond acceptors (Lipinski definition) is 3. The summed E-state index contributed by atoms with van der Waals surface area (Å²) >= 11 is 0. The molecule has 3 N–H and O–H groups in total. The lowest BCUT2D eigenvalue weighted by atomic mass is 10.0. The van der Waals surface area contributed by atoms with Crippen LogP contribution < -0.4 is 16.0 Å². The Morgan fingerprint density at radius 2 is 1.56 bits per heavy atom. The Bertz CT molecular complexity index is 795. The van der Waals surface area contributed by atoms with Crippen molar-refractivity contribution in [1.82, 2.24) is 5.32 Å². The second kappa shape index (κ2) is 9.21. The van der Waals surface area contributed by atoms with Gasteiger partial charge in [0.15, 0.2) is 0 Å². The molecule has 0 spiro atoms. The highest BCUT2D eigenvalue weighted by Crippen LogP contribution is 2.24. The molecule has 1 atom stereocenters. The van der Waals surface area contributed by atoms with Gasteiger partial charge in [-0.3, -0.25) is 9.59 Å². The number of aryl methyl sites for hydroxylation is 2. The summed E-state index contributed by atoms with van der Waals surface area (Å²) in [4.78, 5) is 24.6. The van der Waals surface area contributed by atoms with Crippen LogP contribution in [0.2, 0.25) is 0 Å². The quantitative estimate of drug-likeness (QED) is 0.693. The second-order valence-corrected chi connectivity index (χ2v) is 7.14. The van der Waals surface area contributed by atoms with E-state index in [1.165, 1.54) is 0 Å². The van der Waals surface area contributed by atoms with Gasteiger partial charge in [-0.2, -0.15) is 0 Å². The van der Waals surface area contributed by atoms with Crippen LogP contribution in [-0.2, 0) is 9.59 Å². The monoisotopic (exact) mass is 367 g/mol. The number of benzene rings is 2. The number of hydrogen-bond donors (Lipinski definition) is 3. The van der Waals surface area contributed by atoms with Crippen LogP contribution in [0.25, 0.3) is 0 Å². The van der Waals surface area contributed by atoms with Gasteiger partial charge >= 0.3 is 0 Å². The van der Waals surface area contributed by atoms with Crippen LogP contribution in [0.1, 0.15) is 43.4 Å². The number of rotatable bonds is 7. The zero-order chi connectivity index (χ0) is 20.0. The van der Waals surface area contributed by atoms with Crippen molar-refractivity contribution in [2.45, 2.75) is 46.6 Å². The van der Waals surface area contributed by atoms with E-state index in [9.17, 15) is 9.59 Å². The number of carbonyl (C=O) groups is 2. The second-order valence-electron chi connectivity index (χ2n) is 7.14. The highest BCUT2D eigenvalue weighted by molar-refractivity contribution is 5.96. The number of amides is 2. The maximum absolute atomic E-state index is 12.4.